The van der Waals surface area contributed by atoms with Crippen LogP contribution in [0.3, 0.4) is 0 Å². The van der Waals surface area contributed by atoms with Crippen LogP contribution in [0.5, 0.6) is 0 Å². The van der Waals surface area contributed by atoms with Crippen molar-refractivity contribution in [2.24, 2.45) is 10.8 Å². The van der Waals surface area contributed by atoms with Crippen LogP contribution >= 0.6 is 11.8 Å². The lowest BCUT2D eigenvalue weighted by Crippen LogP contribution is -2.25. The molecule has 16 heavy (non-hydrogen) atoms. The number of nitrogens with two attached hydrogens (primary N) is 1. The van der Waals surface area contributed by atoms with Gasteiger partial charge in [-0.05, 0) is 25.1 Å². The fourth-order valence-electron chi connectivity index (χ4n) is 1.47. The Bertz CT molecular complexity index is 412. The number of thioether (sulfide) groups is 1. The summed E-state index contributed by atoms with van der Waals surface area (Å²) < 4.78 is 0. The predicted molar refractivity (Wildman–Crippen MR) is 71.6 cm³/mol. The Morgan fingerprint density at radius 2 is 2.06 bits per heavy atom. The van der Waals surface area contributed by atoms with Crippen molar-refractivity contribution < 1.29 is 0 Å². The topological polar surface area (TPSA) is 41.6 Å². The van der Waals surface area contributed by atoms with E-state index in [0.29, 0.717) is 5.82 Å². The van der Waals surface area contributed by atoms with Crippen molar-refractivity contribution in [3.63, 3.8) is 0 Å². The molecule has 0 atom stereocenters. The van der Waals surface area contributed by atoms with Crippen molar-refractivity contribution in [2.45, 2.75) is 6.92 Å². The van der Waals surface area contributed by atoms with Gasteiger partial charge in [-0.1, -0.05) is 18.2 Å². The minimum Gasteiger partial charge on any atom is -0.384 e. The molecule has 0 aliphatic carbocycles. The van der Waals surface area contributed by atoms with Gasteiger partial charge in [-0.25, -0.2) is 5.01 Å². The second kappa shape index (κ2) is 5.07. The van der Waals surface area contributed by atoms with E-state index in [2.05, 4.69) is 5.10 Å². The van der Waals surface area contributed by atoms with Gasteiger partial charge >= 0.3 is 0 Å². The highest BCUT2D eigenvalue weighted by atomic mass is 32.2. The molecule has 0 aromatic heterocycles. The van der Waals surface area contributed by atoms with Crippen molar-refractivity contribution in [1.82, 2.24) is 0 Å². The van der Waals surface area contributed by atoms with Crippen LogP contribution in [0.4, 0.5) is 5.69 Å². The molecule has 84 valence electrons. The number of para-hydroxylation sites is 1. The van der Waals surface area contributed by atoms with Crippen LogP contribution < -0.4 is 10.7 Å². The number of hydrogen-bond donors (Lipinski definition) is 1. The molecule has 0 amide bonds. The van der Waals surface area contributed by atoms with Gasteiger partial charge in [0, 0.05) is 17.2 Å². The zero-order chi connectivity index (χ0) is 11.4. The third kappa shape index (κ3) is 2.58. The zero-order valence-corrected chi connectivity index (χ0v) is 10.1. The molecule has 0 unspecified atom stereocenters. The van der Waals surface area contributed by atoms with Crippen LogP contribution in [0.2, 0.25) is 0 Å². The highest BCUT2D eigenvalue weighted by Gasteiger charge is 2.10. The summed E-state index contributed by atoms with van der Waals surface area (Å²) in [7, 11) is 0. The third-order valence-electron chi connectivity index (χ3n) is 2.24. The van der Waals surface area contributed by atoms with Crippen LogP contribution in [-0.2, 0) is 0 Å². The number of hydrogen-bond acceptors (Lipinski definition) is 4. The number of benzene rings is 1. The van der Waals surface area contributed by atoms with E-state index < -0.39 is 0 Å². The molecule has 0 spiro atoms. The van der Waals surface area contributed by atoms with E-state index in [1.165, 1.54) is 0 Å². The van der Waals surface area contributed by atoms with Gasteiger partial charge in [-0.2, -0.15) is 16.9 Å². The molecule has 0 fully saturated rings. The summed E-state index contributed by atoms with van der Waals surface area (Å²) >= 11 is 1.82. The first kappa shape index (κ1) is 11.1. The SMILES string of the molecule is C/C1=N\N(c2ccccc2)/C(N)=C/CSC1. The number of anilines is 1. The van der Waals surface area contributed by atoms with Crippen molar-refractivity contribution in [3.05, 3.63) is 42.2 Å². The van der Waals surface area contributed by atoms with Gasteiger partial charge in [-0.3, -0.25) is 0 Å². The summed E-state index contributed by atoms with van der Waals surface area (Å²) in [4.78, 5) is 0. The minimum absolute atomic E-state index is 0.692. The first-order valence-corrected chi connectivity index (χ1v) is 6.35. The van der Waals surface area contributed by atoms with Crippen molar-refractivity contribution in [2.75, 3.05) is 16.5 Å². The molecule has 0 bridgehead atoms. The van der Waals surface area contributed by atoms with Crippen molar-refractivity contribution in [1.29, 1.82) is 0 Å². The molecule has 1 aromatic rings. The third-order valence-corrected chi connectivity index (χ3v) is 3.26. The first-order chi connectivity index (χ1) is 7.77. The maximum Gasteiger partial charge on any atom is 0.122 e. The fourth-order valence-corrected chi connectivity index (χ4v) is 2.23. The van der Waals surface area contributed by atoms with E-state index in [9.17, 15) is 0 Å². The van der Waals surface area contributed by atoms with Crippen LogP contribution in [0.25, 0.3) is 0 Å². The fraction of sp³-hybridized carbons (Fsp3) is 0.250. The maximum atomic E-state index is 6.01. The van der Waals surface area contributed by atoms with Gasteiger partial charge in [0.15, 0.2) is 0 Å². The molecule has 1 heterocycles. The quantitative estimate of drug-likeness (QED) is 0.810. The number of hydrazone groups is 1. The molecule has 0 radical (unpaired) electrons. The number of rotatable bonds is 1. The smallest absolute Gasteiger partial charge is 0.122 e. The summed E-state index contributed by atoms with van der Waals surface area (Å²) in [5.41, 5.74) is 8.10. The lowest BCUT2D eigenvalue weighted by atomic mass is 10.3. The van der Waals surface area contributed by atoms with Gasteiger partial charge in [-0.15, -0.1) is 0 Å². The maximum absolute atomic E-state index is 6.01. The van der Waals surface area contributed by atoms with E-state index in [0.717, 1.165) is 22.9 Å². The summed E-state index contributed by atoms with van der Waals surface area (Å²) in [5, 5.41) is 6.32. The van der Waals surface area contributed by atoms with Crippen LogP contribution in [0.1, 0.15) is 6.92 Å². The van der Waals surface area contributed by atoms with Gasteiger partial charge in [0.2, 0.25) is 0 Å². The summed E-state index contributed by atoms with van der Waals surface area (Å²) in [6.45, 7) is 2.03. The monoisotopic (exact) mass is 233 g/mol. The van der Waals surface area contributed by atoms with Gasteiger partial charge in [0.1, 0.15) is 5.82 Å². The second-order valence-electron chi connectivity index (χ2n) is 3.63. The van der Waals surface area contributed by atoms with Crippen LogP contribution in [0, 0.1) is 0 Å². The van der Waals surface area contributed by atoms with Crippen molar-refractivity contribution in [3.8, 4) is 0 Å². The second-order valence-corrected chi connectivity index (χ2v) is 4.66. The zero-order valence-electron chi connectivity index (χ0n) is 9.26. The average molecular weight is 233 g/mol. The average Bonchev–Trinajstić information content (AvgIpc) is 2.30. The molecule has 2 rings (SSSR count). The molecule has 3 nitrogen and oxygen atoms in total. The molecule has 1 aliphatic rings. The molecule has 2 N–H and O–H groups in total. The standard InChI is InChI=1S/C12H15N3S/c1-10-9-16-8-7-12(13)15(14-10)11-5-3-2-4-6-11/h2-7H,8-9,13H2,1H3/b12-7+,14-10+. The molecule has 1 aliphatic heterocycles. The van der Waals surface area contributed by atoms with E-state index >= 15 is 0 Å². The van der Waals surface area contributed by atoms with Crippen molar-refractivity contribution >= 4 is 23.2 Å². The Hall–Kier alpha value is -1.42. The minimum atomic E-state index is 0.692. The molecule has 0 saturated carbocycles. The summed E-state index contributed by atoms with van der Waals surface area (Å²) in [6.07, 6.45) is 2.01. The van der Waals surface area contributed by atoms with Crippen LogP contribution in [0.15, 0.2) is 47.3 Å². The Morgan fingerprint density at radius 1 is 1.31 bits per heavy atom. The highest BCUT2D eigenvalue weighted by Crippen LogP contribution is 2.19. The molecular weight excluding hydrogens is 218 g/mol. The van der Waals surface area contributed by atoms with Gasteiger partial charge in [0.25, 0.3) is 0 Å². The Balaban J connectivity index is 2.35. The van der Waals surface area contributed by atoms with Gasteiger partial charge in [0.05, 0.1) is 5.69 Å². The Morgan fingerprint density at radius 3 is 2.81 bits per heavy atom. The lowest BCUT2D eigenvalue weighted by molar-refractivity contribution is 0.966. The molecule has 4 heteroatoms. The predicted octanol–water partition coefficient (Wildman–Crippen LogP) is 2.42. The highest BCUT2D eigenvalue weighted by molar-refractivity contribution is 8.00. The van der Waals surface area contributed by atoms with Crippen LogP contribution in [-0.4, -0.2) is 17.2 Å². The van der Waals surface area contributed by atoms with E-state index in [1.54, 1.807) is 5.01 Å². The molecule has 1 aromatic carbocycles. The largest absolute Gasteiger partial charge is 0.384 e. The van der Waals surface area contributed by atoms with E-state index in [1.807, 2.05) is 55.1 Å². The van der Waals surface area contributed by atoms with E-state index in [4.69, 9.17) is 5.73 Å². The Kier molecular flexibility index (Phi) is 3.51. The van der Waals surface area contributed by atoms with Gasteiger partial charge < -0.3 is 5.73 Å². The Labute approximate surface area is 100 Å². The summed E-state index contributed by atoms with van der Waals surface area (Å²) in [5.74, 6) is 2.58. The van der Waals surface area contributed by atoms with E-state index in [-0.39, 0.29) is 0 Å². The normalized spacial score (nSPS) is 23.7. The summed E-state index contributed by atoms with van der Waals surface area (Å²) in [6, 6.07) is 9.97. The lowest BCUT2D eigenvalue weighted by Gasteiger charge is -2.22. The number of nitrogens with zero attached hydrogens (tertiary/aromatic N) is 2. The molecular formula is C12H15N3S. The molecule has 0 saturated heterocycles. The first-order valence-electron chi connectivity index (χ1n) is 5.20.